The Kier molecular flexibility index (Phi) is 6.66. The highest BCUT2D eigenvalue weighted by atomic mass is 16.5. The molecule has 0 saturated carbocycles. The highest BCUT2D eigenvalue weighted by molar-refractivity contribution is 5.62. The first-order valence-corrected chi connectivity index (χ1v) is 13.8. The molecule has 5 heterocycles. The van der Waals surface area contributed by atoms with Gasteiger partial charge in [0.05, 0.1) is 6.61 Å². The van der Waals surface area contributed by atoms with Gasteiger partial charge in [0.15, 0.2) is 0 Å². The van der Waals surface area contributed by atoms with E-state index in [0.717, 1.165) is 57.0 Å². The molecule has 2 aliphatic rings. The molecule has 0 radical (unpaired) electrons. The standard InChI is InChI=1S/C33H29N5O3/c39-33-29(7-3-11-36-33)38-12-13-40-31(21-38)28-6-1-4-23-15-25-16-27(8-9-30(25)41-32(23)28)37-18-22-14-26(20-35-17-22)24-5-2-10-34-19-24/h1-11,14,16-17,19-20,31,37H,12-13,15,18,21H2,(H,36,39). The lowest BCUT2D eigenvalue weighted by Gasteiger charge is -2.35. The van der Waals surface area contributed by atoms with Crippen molar-refractivity contribution in [1.29, 1.82) is 0 Å². The number of morpholine rings is 1. The van der Waals surface area contributed by atoms with Crippen molar-refractivity contribution in [3.05, 3.63) is 130 Å². The number of hydrogen-bond acceptors (Lipinski definition) is 7. The summed E-state index contributed by atoms with van der Waals surface area (Å²) >= 11 is 0. The average molecular weight is 544 g/mol. The van der Waals surface area contributed by atoms with Crippen LogP contribution in [-0.4, -0.2) is 34.6 Å². The smallest absolute Gasteiger partial charge is 0.271 e. The molecule has 8 nitrogen and oxygen atoms in total. The van der Waals surface area contributed by atoms with Gasteiger partial charge >= 0.3 is 0 Å². The second kappa shape index (κ2) is 10.9. The maximum Gasteiger partial charge on any atom is 0.271 e. The van der Waals surface area contributed by atoms with E-state index in [1.165, 1.54) is 0 Å². The number of ether oxygens (including phenoxy) is 2. The maximum absolute atomic E-state index is 12.4. The van der Waals surface area contributed by atoms with Crippen molar-refractivity contribution in [2.24, 2.45) is 0 Å². The van der Waals surface area contributed by atoms with Crippen LogP contribution in [0.2, 0.25) is 0 Å². The van der Waals surface area contributed by atoms with Crippen molar-refractivity contribution >= 4 is 11.4 Å². The Morgan fingerprint density at radius 2 is 1.90 bits per heavy atom. The van der Waals surface area contributed by atoms with E-state index in [-0.39, 0.29) is 11.7 Å². The van der Waals surface area contributed by atoms with Gasteiger partial charge in [0.2, 0.25) is 0 Å². The van der Waals surface area contributed by atoms with Gasteiger partial charge in [0.1, 0.15) is 23.3 Å². The predicted octanol–water partition coefficient (Wildman–Crippen LogP) is 5.72. The number of hydrogen-bond donors (Lipinski definition) is 2. The lowest BCUT2D eigenvalue weighted by Crippen LogP contribution is -2.41. The zero-order chi connectivity index (χ0) is 27.6. The highest BCUT2D eigenvalue weighted by Crippen LogP contribution is 2.43. The first-order valence-electron chi connectivity index (χ1n) is 13.8. The van der Waals surface area contributed by atoms with Gasteiger partial charge in [-0.1, -0.05) is 24.3 Å². The first-order chi connectivity index (χ1) is 20.2. The van der Waals surface area contributed by atoms with Crippen molar-refractivity contribution in [3.63, 3.8) is 0 Å². The minimum atomic E-state index is -0.197. The second-order valence-electron chi connectivity index (χ2n) is 10.3. The van der Waals surface area contributed by atoms with E-state index in [9.17, 15) is 4.79 Å². The van der Waals surface area contributed by atoms with Gasteiger partial charge in [0, 0.05) is 85.0 Å². The normalized spacial score (nSPS) is 15.9. The van der Waals surface area contributed by atoms with Gasteiger partial charge in [-0.05, 0) is 53.6 Å². The lowest BCUT2D eigenvalue weighted by atomic mass is 9.95. The Morgan fingerprint density at radius 3 is 2.80 bits per heavy atom. The molecule has 2 aromatic carbocycles. The summed E-state index contributed by atoms with van der Waals surface area (Å²) in [5.41, 5.74) is 8.05. The van der Waals surface area contributed by atoms with Gasteiger partial charge in [-0.25, -0.2) is 0 Å². The van der Waals surface area contributed by atoms with Crippen LogP contribution in [-0.2, 0) is 17.7 Å². The number of aromatic amines is 1. The Morgan fingerprint density at radius 1 is 0.951 bits per heavy atom. The summed E-state index contributed by atoms with van der Waals surface area (Å²) in [5.74, 6) is 1.70. The van der Waals surface area contributed by atoms with Gasteiger partial charge in [-0.15, -0.1) is 0 Å². The molecule has 1 unspecified atom stereocenters. The van der Waals surface area contributed by atoms with Crippen molar-refractivity contribution in [2.45, 2.75) is 19.1 Å². The van der Waals surface area contributed by atoms with Crippen LogP contribution in [0.25, 0.3) is 11.1 Å². The molecule has 1 saturated heterocycles. The van der Waals surface area contributed by atoms with Crippen LogP contribution < -0.4 is 20.5 Å². The Bertz CT molecular complexity index is 1750. The van der Waals surface area contributed by atoms with Crippen LogP contribution in [0.15, 0.2) is 103 Å². The average Bonchev–Trinajstić information content (AvgIpc) is 3.03. The lowest BCUT2D eigenvalue weighted by molar-refractivity contribution is 0.0383. The van der Waals surface area contributed by atoms with E-state index < -0.39 is 0 Å². The Labute approximate surface area is 237 Å². The maximum atomic E-state index is 12.4. The van der Waals surface area contributed by atoms with Crippen LogP contribution >= 0.6 is 0 Å². The van der Waals surface area contributed by atoms with Crippen molar-refractivity contribution < 1.29 is 9.47 Å². The zero-order valence-corrected chi connectivity index (χ0v) is 22.4. The summed E-state index contributed by atoms with van der Waals surface area (Å²) in [6.07, 6.45) is 9.59. The van der Waals surface area contributed by atoms with Gasteiger partial charge in [-0.3, -0.25) is 14.8 Å². The van der Waals surface area contributed by atoms with E-state index in [2.05, 4.69) is 55.5 Å². The van der Waals surface area contributed by atoms with Crippen molar-refractivity contribution in [1.82, 2.24) is 15.0 Å². The van der Waals surface area contributed by atoms with Crippen LogP contribution in [0, 0.1) is 0 Å². The third-order valence-corrected chi connectivity index (χ3v) is 7.62. The van der Waals surface area contributed by atoms with Crippen molar-refractivity contribution in [3.8, 4) is 22.6 Å². The number of H-pyrrole nitrogens is 1. The number of aromatic nitrogens is 3. The topological polar surface area (TPSA) is 92.4 Å². The molecule has 3 aromatic heterocycles. The number of fused-ring (bicyclic) bond motifs is 2. The third-order valence-electron chi connectivity index (χ3n) is 7.62. The number of para-hydroxylation sites is 1. The Hall–Kier alpha value is -4.95. The van der Waals surface area contributed by atoms with E-state index in [1.807, 2.05) is 55.0 Å². The molecular formula is C33H29N5O3. The fourth-order valence-corrected chi connectivity index (χ4v) is 5.56. The van der Waals surface area contributed by atoms with Crippen molar-refractivity contribution in [2.75, 3.05) is 29.9 Å². The summed E-state index contributed by atoms with van der Waals surface area (Å²) in [4.78, 5) is 25.9. The molecule has 2 aliphatic heterocycles. The molecule has 0 amide bonds. The molecule has 8 heteroatoms. The predicted molar refractivity (Wildman–Crippen MR) is 159 cm³/mol. The SMILES string of the molecule is O=c1[nH]cccc1N1CCOC(c2cccc3c2Oc2ccc(NCc4cncc(-c5cccnc5)c4)cc2C3)C1. The fraction of sp³-hybridized carbons (Fsp3) is 0.182. The summed E-state index contributed by atoms with van der Waals surface area (Å²) in [6.45, 7) is 2.44. The number of rotatable bonds is 6. The largest absolute Gasteiger partial charge is 0.456 e. The number of nitrogens with one attached hydrogen (secondary N) is 2. The monoisotopic (exact) mass is 543 g/mol. The Balaban J connectivity index is 1.07. The van der Waals surface area contributed by atoms with Gasteiger partial charge in [-0.2, -0.15) is 0 Å². The second-order valence-corrected chi connectivity index (χ2v) is 10.3. The molecule has 0 spiro atoms. The molecule has 0 bridgehead atoms. The number of benzene rings is 2. The molecular weight excluding hydrogens is 514 g/mol. The summed E-state index contributed by atoms with van der Waals surface area (Å²) < 4.78 is 12.7. The molecule has 7 rings (SSSR count). The van der Waals surface area contributed by atoms with E-state index in [0.29, 0.717) is 31.9 Å². The van der Waals surface area contributed by atoms with Crippen LogP contribution in [0.1, 0.15) is 28.4 Å². The fourth-order valence-electron chi connectivity index (χ4n) is 5.56. The number of pyridine rings is 3. The van der Waals surface area contributed by atoms with Crippen LogP contribution in [0.4, 0.5) is 11.4 Å². The van der Waals surface area contributed by atoms with E-state index in [4.69, 9.17) is 9.47 Å². The molecule has 204 valence electrons. The van der Waals surface area contributed by atoms with E-state index in [1.54, 1.807) is 12.4 Å². The van der Waals surface area contributed by atoms with Gasteiger partial charge in [0.25, 0.3) is 5.56 Å². The summed E-state index contributed by atoms with van der Waals surface area (Å²) in [7, 11) is 0. The molecule has 41 heavy (non-hydrogen) atoms. The van der Waals surface area contributed by atoms with Crippen LogP contribution in [0.3, 0.4) is 0 Å². The molecule has 1 fully saturated rings. The number of anilines is 2. The van der Waals surface area contributed by atoms with E-state index >= 15 is 0 Å². The van der Waals surface area contributed by atoms with Gasteiger partial charge < -0.3 is 24.7 Å². The quantitative estimate of drug-likeness (QED) is 0.278. The molecule has 2 N–H and O–H groups in total. The first kappa shape index (κ1) is 25.0. The zero-order valence-electron chi connectivity index (χ0n) is 22.4. The minimum Gasteiger partial charge on any atom is -0.456 e. The molecule has 1 atom stereocenters. The molecule has 0 aliphatic carbocycles. The van der Waals surface area contributed by atoms with Crippen LogP contribution in [0.5, 0.6) is 11.5 Å². The summed E-state index contributed by atoms with van der Waals surface area (Å²) in [5, 5.41) is 3.54. The molecule has 5 aromatic rings. The highest BCUT2D eigenvalue weighted by Gasteiger charge is 2.29. The number of nitrogens with zero attached hydrogens (tertiary/aromatic N) is 3. The minimum absolute atomic E-state index is 0.0877. The summed E-state index contributed by atoms with van der Waals surface area (Å²) in [6, 6.07) is 22.3. The third kappa shape index (κ3) is 5.17.